The lowest BCUT2D eigenvalue weighted by molar-refractivity contribution is 1.59. The molecule has 0 saturated heterocycles. The van der Waals surface area contributed by atoms with Gasteiger partial charge in [0.15, 0.2) is 0 Å². The summed E-state index contributed by atoms with van der Waals surface area (Å²) in [5.74, 6) is 0. The highest BCUT2D eigenvalue weighted by Crippen LogP contribution is 2.25. The number of rotatable bonds is 4. The smallest absolute Gasteiger partial charge is 0.150 e. The molecule has 0 fully saturated rings. The first-order chi connectivity index (χ1) is 4.92. The van der Waals surface area contributed by atoms with Crippen molar-refractivity contribution in [1.82, 2.24) is 0 Å². The zero-order valence-corrected chi connectivity index (χ0v) is 11.5. The molecule has 0 aliphatic carbocycles. The summed E-state index contributed by atoms with van der Waals surface area (Å²) < 4.78 is 0. The average molecular weight is 289 g/mol. The van der Waals surface area contributed by atoms with E-state index in [4.69, 9.17) is 55.4 Å². The summed E-state index contributed by atoms with van der Waals surface area (Å²) >= 11 is 28.0. The highest BCUT2D eigenvalue weighted by atomic mass is 35.8. The van der Waals surface area contributed by atoms with Crippen molar-refractivity contribution in [3.8, 4) is 0 Å². The topological polar surface area (TPSA) is 0 Å². The van der Waals surface area contributed by atoms with Crippen LogP contribution in [0, 0.1) is 0 Å². The third kappa shape index (κ3) is 11.6. The van der Waals surface area contributed by atoms with Crippen molar-refractivity contribution in [3.05, 3.63) is 12.2 Å². The van der Waals surface area contributed by atoms with Crippen LogP contribution in [0.2, 0.25) is 12.1 Å². The Hall–Kier alpha value is 1.62. The van der Waals surface area contributed by atoms with E-state index in [0.717, 1.165) is 6.04 Å². The zero-order chi connectivity index (χ0) is 8.91. The van der Waals surface area contributed by atoms with Crippen molar-refractivity contribution in [2.75, 3.05) is 0 Å². The highest BCUT2D eigenvalue weighted by Gasteiger charge is 2.22. The number of hydrogen-bond acceptors (Lipinski definition) is 0. The van der Waals surface area contributed by atoms with Crippen LogP contribution < -0.4 is 0 Å². The van der Waals surface area contributed by atoms with Gasteiger partial charge in [0, 0.05) is 6.04 Å². The molecular formula is C4H7Cl5Si2. The minimum atomic E-state index is -2.47. The van der Waals surface area contributed by atoms with Crippen molar-refractivity contribution >= 4 is 68.8 Å². The average Bonchev–Trinajstić information content (AvgIpc) is 1.78. The standard InChI is InChI=1S/C4H7Cl5Si2/c5-10(6)3-1-2-4-11(7,8)9/h1-2,10H,3-4H2. The van der Waals surface area contributed by atoms with Gasteiger partial charge in [0.05, 0.1) is 0 Å². The lowest BCUT2D eigenvalue weighted by Crippen LogP contribution is -2.05. The van der Waals surface area contributed by atoms with Crippen molar-refractivity contribution in [1.29, 1.82) is 0 Å². The molecular weight excluding hydrogens is 281 g/mol. The van der Waals surface area contributed by atoms with Crippen LogP contribution in [0.15, 0.2) is 12.2 Å². The van der Waals surface area contributed by atoms with Crippen molar-refractivity contribution in [3.63, 3.8) is 0 Å². The van der Waals surface area contributed by atoms with Gasteiger partial charge in [-0.25, -0.2) is 0 Å². The quantitative estimate of drug-likeness (QED) is 0.418. The van der Waals surface area contributed by atoms with E-state index in [-0.39, 0.29) is 0 Å². The zero-order valence-electron chi connectivity index (χ0n) is 5.54. The first kappa shape index (κ1) is 12.6. The Bertz CT molecular complexity index is 129. The fourth-order valence-corrected chi connectivity index (χ4v) is 2.67. The molecule has 0 saturated carbocycles. The molecule has 0 rings (SSSR count). The van der Waals surface area contributed by atoms with Crippen molar-refractivity contribution in [2.45, 2.75) is 12.1 Å². The molecule has 0 spiro atoms. The Balaban J connectivity index is 3.46. The van der Waals surface area contributed by atoms with Gasteiger partial charge in [-0.15, -0.1) is 33.2 Å². The SMILES string of the molecule is Cl[SiH](Cl)CC=CC[Si](Cl)(Cl)Cl. The minimum Gasteiger partial charge on any atom is -0.150 e. The summed E-state index contributed by atoms with van der Waals surface area (Å²) in [5, 5.41) is 0. The van der Waals surface area contributed by atoms with Crippen LogP contribution in [0.1, 0.15) is 0 Å². The first-order valence-electron chi connectivity index (χ1n) is 2.92. The Morgan fingerprint density at radius 2 is 1.64 bits per heavy atom. The van der Waals surface area contributed by atoms with Gasteiger partial charge in [-0.3, -0.25) is 0 Å². The van der Waals surface area contributed by atoms with Gasteiger partial charge in [-0.1, -0.05) is 12.2 Å². The number of hydrogen-bond donors (Lipinski definition) is 0. The van der Waals surface area contributed by atoms with E-state index < -0.39 is 13.4 Å². The summed E-state index contributed by atoms with van der Waals surface area (Å²) in [5.41, 5.74) is 0. The maximum atomic E-state index is 5.61. The molecule has 0 N–H and O–H groups in total. The van der Waals surface area contributed by atoms with Gasteiger partial charge in [0.2, 0.25) is 7.42 Å². The lowest BCUT2D eigenvalue weighted by Gasteiger charge is -2.01. The molecule has 0 amide bonds. The molecule has 0 nitrogen and oxygen atoms in total. The molecule has 0 bridgehead atoms. The first-order valence-corrected chi connectivity index (χ1v) is 12.5. The van der Waals surface area contributed by atoms with E-state index in [1.54, 1.807) is 0 Å². The van der Waals surface area contributed by atoms with Gasteiger partial charge in [-0.05, 0) is 6.04 Å². The van der Waals surface area contributed by atoms with Crippen LogP contribution in [0.5, 0.6) is 0 Å². The monoisotopic (exact) mass is 286 g/mol. The molecule has 0 heterocycles. The second-order valence-electron chi connectivity index (χ2n) is 1.92. The van der Waals surface area contributed by atoms with Crippen molar-refractivity contribution < 1.29 is 0 Å². The third-order valence-electron chi connectivity index (χ3n) is 0.830. The van der Waals surface area contributed by atoms with Crippen LogP contribution in [0.3, 0.4) is 0 Å². The maximum Gasteiger partial charge on any atom is 0.344 e. The molecule has 0 radical (unpaired) electrons. The van der Waals surface area contributed by atoms with E-state index in [2.05, 4.69) is 0 Å². The maximum absolute atomic E-state index is 5.61. The summed E-state index contributed by atoms with van der Waals surface area (Å²) in [6.45, 7) is 0. The normalized spacial score (nSPS) is 13.3. The predicted octanol–water partition coefficient (Wildman–Crippen LogP) is 3.90. The summed E-state index contributed by atoms with van der Waals surface area (Å²) in [6, 6.07) is -1.20. The van der Waals surface area contributed by atoms with Crippen LogP contribution in [-0.2, 0) is 0 Å². The minimum absolute atomic E-state index is 0.534. The Morgan fingerprint density at radius 1 is 1.09 bits per heavy atom. The molecule has 0 aliphatic rings. The van der Waals surface area contributed by atoms with Gasteiger partial charge < -0.3 is 0 Å². The van der Waals surface area contributed by atoms with Crippen LogP contribution in [0.25, 0.3) is 0 Å². The lowest BCUT2D eigenvalue weighted by atomic mass is 10.6. The van der Waals surface area contributed by atoms with E-state index >= 15 is 0 Å². The predicted molar refractivity (Wildman–Crippen MR) is 60.9 cm³/mol. The fourth-order valence-electron chi connectivity index (χ4n) is 0.416. The fraction of sp³-hybridized carbons (Fsp3) is 0.500. The largest absolute Gasteiger partial charge is 0.344 e. The van der Waals surface area contributed by atoms with Crippen LogP contribution in [-0.4, -0.2) is 13.4 Å². The molecule has 0 unspecified atom stereocenters. The van der Waals surface area contributed by atoms with E-state index in [0.29, 0.717) is 6.04 Å². The molecule has 0 atom stereocenters. The Labute approximate surface area is 92.5 Å². The third-order valence-corrected chi connectivity index (χ3v) is 4.62. The molecule has 0 aliphatic heterocycles. The molecule has 0 aromatic heterocycles. The van der Waals surface area contributed by atoms with Gasteiger partial charge in [0.1, 0.15) is 0 Å². The Morgan fingerprint density at radius 3 is 2.00 bits per heavy atom. The second kappa shape index (κ2) is 6.13. The van der Waals surface area contributed by atoms with Crippen LogP contribution in [0.4, 0.5) is 0 Å². The Kier molecular flexibility index (Phi) is 7.04. The molecule has 11 heavy (non-hydrogen) atoms. The van der Waals surface area contributed by atoms with E-state index in [1.807, 2.05) is 12.2 Å². The molecule has 0 aromatic rings. The van der Waals surface area contributed by atoms with Gasteiger partial charge in [0.25, 0.3) is 0 Å². The van der Waals surface area contributed by atoms with E-state index in [1.165, 1.54) is 0 Å². The molecule has 0 aromatic carbocycles. The number of allylic oxidation sites excluding steroid dienone is 2. The van der Waals surface area contributed by atoms with Gasteiger partial charge >= 0.3 is 6.00 Å². The van der Waals surface area contributed by atoms with Crippen LogP contribution >= 0.6 is 55.4 Å². The summed E-state index contributed by atoms with van der Waals surface area (Å²) in [6.07, 6.45) is 3.72. The van der Waals surface area contributed by atoms with Crippen molar-refractivity contribution in [2.24, 2.45) is 0 Å². The molecule has 7 heteroatoms. The molecule has 66 valence electrons. The van der Waals surface area contributed by atoms with E-state index in [9.17, 15) is 0 Å². The van der Waals surface area contributed by atoms with Gasteiger partial charge in [-0.2, -0.15) is 22.2 Å². The second-order valence-corrected chi connectivity index (χ2v) is 16.2. The number of halogens is 5. The summed E-state index contributed by atoms with van der Waals surface area (Å²) in [7, 11) is -1.51. The summed E-state index contributed by atoms with van der Waals surface area (Å²) in [4.78, 5) is 0. The highest BCUT2D eigenvalue weighted by molar-refractivity contribution is 7.64.